The van der Waals surface area contributed by atoms with Gasteiger partial charge in [0.15, 0.2) is 0 Å². The lowest BCUT2D eigenvalue weighted by Gasteiger charge is -2.45. The van der Waals surface area contributed by atoms with Gasteiger partial charge in [0.2, 0.25) is 11.8 Å². The van der Waals surface area contributed by atoms with Crippen LogP contribution in [0, 0.1) is 13.8 Å². The van der Waals surface area contributed by atoms with Crippen molar-refractivity contribution in [3.05, 3.63) is 34.9 Å². The number of aryl methyl sites for hydroxylation is 2. The molecule has 0 spiro atoms. The molecular formula is C26H43N3O5. The Balaban J connectivity index is 3.65. The van der Waals surface area contributed by atoms with E-state index in [2.05, 4.69) is 10.6 Å². The molecule has 192 valence electrons. The first kappa shape index (κ1) is 29.4. The molecule has 8 nitrogen and oxygen atoms in total. The van der Waals surface area contributed by atoms with Crippen molar-refractivity contribution in [1.29, 1.82) is 0 Å². The number of amides is 3. The Hall–Kier alpha value is -2.61. The minimum Gasteiger partial charge on any atom is -0.444 e. The summed E-state index contributed by atoms with van der Waals surface area (Å²) in [4.78, 5) is 41.4. The van der Waals surface area contributed by atoms with Crippen LogP contribution >= 0.6 is 0 Å². The standard InChI is InChI=1S/C26H43N3O5/c1-11-26(9,10)29(23(32)19(15-30)28-24(33)34-25(6,7)8)21(22(31)27-16(2)3)20-17(4)13-12-14-18(20)5/h12-14,16,19,21,30H,11,15H2,1-10H3,(H,27,31)(H,28,33). The fourth-order valence-electron chi connectivity index (χ4n) is 3.75. The Morgan fingerprint density at radius 2 is 1.56 bits per heavy atom. The van der Waals surface area contributed by atoms with Crippen LogP contribution in [0.5, 0.6) is 0 Å². The number of rotatable bonds is 9. The molecule has 0 saturated carbocycles. The van der Waals surface area contributed by atoms with E-state index in [-0.39, 0.29) is 11.9 Å². The zero-order chi connectivity index (χ0) is 26.4. The zero-order valence-corrected chi connectivity index (χ0v) is 22.4. The Bertz CT molecular complexity index is 853. The molecule has 0 aromatic heterocycles. The molecule has 0 bridgehead atoms. The van der Waals surface area contributed by atoms with Crippen molar-refractivity contribution in [3.8, 4) is 0 Å². The Labute approximate surface area is 204 Å². The summed E-state index contributed by atoms with van der Waals surface area (Å²) in [5, 5.41) is 15.5. The fraction of sp³-hybridized carbons (Fsp3) is 0.654. The van der Waals surface area contributed by atoms with Crippen molar-refractivity contribution >= 4 is 17.9 Å². The van der Waals surface area contributed by atoms with Crippen LogP contribution in [0.4, 0.5) is 4.79 Å². The number of carbonyl (C=O) groups excluding carboxylic acids is 3. The van der Waals surface area contributed by atoms with E-state index in [0.717, 1.165) is 16.7 Å². The normalized spacial score (nSPS) is 13.8. The highest BCUT2D eigenvalue weighted by molar-refractivity contribution is 5.93. The topological polar surface area (TPSA) is 108 Å². The second-order valence-electron chi connectivity index (χ2n) is 10.6. The third-order valence-electron chi connectivity index (χ3n) is 5.68. The molecule has 0 heterocycles. The first-order valence-electron chi connectivity index (χ1n) is 11.9. The number of carbonyl (C=O) groups is 3. The van der Waals surface area contributed by atoms with Gasteiger partial charge < -0.3 is 25.4 Å². The van der Waals surface area contributed by atoms with Gasteiger partial charge in [0, 0.05) is 11.6 Å². The molecule has 8 heteroatoms. The van der Waals surface area contributed by atoms with Gasteiger partial charge in [-0.05, 0) is 85.4 Å². The number of nitrogens with one attached hydrogen (secondary N) is 2. The Morgan fingerprint density at radius 1 is 1.03 bits per heavy atom. The van der Waals surface area contributed by atoms with Crippen molar-refractivity contribution < 1.29 is 24.2 Å². The highest BCUT2D eigenvalue weighted by atomic mass is 16.6. The van der Waals surface area contributed by atoms with Crippen LogP contribution in [0.1, 0.15) is 84.5 Å². The van der Waals surface area contributed by atoms with Gasteiger partial charge in [-0.15, -0.1) is 0 Å². The molecule has 1 rings (SSSR count). The van der Waals surface area contributed by atoms with E-state index in [4.69, 9.17) is 4.74 Å². The molecule has 2 unspecified atom stereocenters. The second-order valence-corrected chi connectivity index (χ2v) is 10.6. The van der Waals surface area contributed by atoms with Crippen LogP contribution in [-0.4, -0.2) is 57.7 Å². The molecule has 3 N–H and O–H groups in total. The predicted octanol–water partition coefficient (Wildman–Crippen LogP) is 3.77. The summed E-state index contributed by atoms with van der Waals surface area (Å²) < 4.78 is 5.28. The van der Waals surface area contributed by atoms with E-state index >= 15 is 0 Å². The highest BCUT2D eigenvalue weighted by Gasteiger charge is 2.44. The number of benzene rings is 1. The van der Waals surface area contributed by atoms with Crippen molar-refractivity contribution in [2.24, 2.45) is 0 Å². The van der Waals surface area contributed by atoms with Gasteiger partial charge in [-0.2, -0.15) is 0 Å². The number of hydrogen-bond donors (Lipinski definition) is 3. The number of alkyl carbamates (subject to hydrolysis) is 1. The molecule has 0 aliphatic rings. The molecule has 0 radical (unpaired) electrons. The van der Waals surface area contributed by atoms with E-state index in [9.17, 15) is 19.5 Å². The summed E-state index contributed by atoms with van der Waals surface area (Å²) in [5.74, 6) is -0.886. The quantitative estimate of drug-likeness (QED) is 0.502. The fourth-order valence-corrected chi connectivity index (χ4v) is 3.75. The minimum absolute atomic E-state index is 0.144. The first-order chi connectivity index (χ1) is 15.6. The molecule has 0 saturated heterocycles. The van der Waals surface area contributed by atoms with Gasteiger partial charge in [-0.25, -0.2) is 4.79 Å². The average Bonchev–Trinajstić information content (AvgIpc) is 2.68. The van der Waals surface area contributed by atoms with Crippen LogP contribution in [0.3, 0.4) is 0 Å². The van der Waals surface area contributed by atoms with Crippen molar-refractivity contribution in [1.82, 2.24) is 15.5 Å². The molecule has 34 heavy (non-hydrogen) atoms. The van der Waals surface area contributed by atoms with E-state index in [1.54, 1.807) is 20.8 Å². The molecule has 0 aliphatic heterocycles. The van der Waals surface area contributed by atoms with Crippen LogP contribution in [0.15, 0.2) is 18.2 Å². The Morgan fingerprint density at radius 3 is 1.97 bits per heavy atom. The summed E-state index contributed by atoms with van der Waals surface area (Å²) in [7, 11) is 0. The Kier molecular flexibility index (Phi) is 10.1. The molecule has 0 fully saturated rings. The van der Waals surface area contributed by atoms with Crippen LogP contribution in [-0.2, 0) is 14.3 Å². The van der Waals surface area contributed by atoms with Gasteiger partial charge in [0.25, 0.3) is 0 Å². The maximum atomic E-state index is 13.9. The molecule has 0 aliphatic carbocycles. The van der Waals surface area contributed by atoms with Gasteiger partial charge >= 0.3 is 6.09 Å². The molecule has 1 aromatic carbocycles. The molecule has 2 atom stereocenters. The second kappa shape index (κ2) is 11.7. The maximum absolute atomic E-state index is 13.9. The van der Waals surface area contributed by atoms with E-state index in [0.29, 0.717) is 6.42 Å². The largest absolute Gasteiger partial charge is 0.444 e. The van der Waals surface area contributed by atoms with Gasteiger partial charge in [0.05, 0.1) is 6.61 Å². The number of nitrogens with zero attached hydrogens (tertiary/aromatic N) is 1. The lowest BCUT2D eigenvalue weighted by atomic mass is 9.88. The molecular weight excluding hydrogens is 434 g/mol. The van der Waals surface area contributed by atoms with Crippen molar-refractivity contribution in [2.45, 2.75) is 105 Å². The zero-order valence-electron chi connectivity index (χ0n) is 22.4. The van der Waals surface area contributed by atoms with E-state index in [1.165, 1.54) is 4.90 Å². The highest BCUT2D eigenvalue weighted by Crippen LogP contribution is 2.35. The predicted molar refractivity (Wildman–Crippen MR) is 133 cm³/mol. The number of aliphatic hydroxyl groups is 1. The van der Waals surface area contributed by atoms with Crippen molar-refractivity contribution in [3.63, 3.8) is 0 Å². The number of aliphatic hydroxyl groups excluding tert-OH is 1. The monoisotopic (exact) mass is 477 g/mol. The number of ether oxygens (including phenoxy) is 1. The van der Waals surface area contributed by atoms with Crippen LogP contribution in [0.2, 0.25) is 0 Å². The van der Waals surface area contributed by atoms with Gasteiger partial charge in [0.1, 0.15) is 17.7 Å². The summed E-state index contributed by atoms with van der Waals surface area (Å²) >= 11 is 0. The van der Waals surface area contributed by atoms with Gasteiger partial charge in [-0.3, -0.25) is 9.59 Å². The summed E-state index contributed by atoms with van der Waals surface area (Å²) in [5.41, 5.74) is 0.925. The molecule has 1 aromatic rings. The summed E-state index contributed by atoms with van der Waals surface area (Å²) in [6.45, 7) is 17.7. The van der Waals surface area contributed by atoms with E-state index in [1.807, 2.05) is 66.7 Å². The minimum atomic E-state index is -1.28. The smallest absolute Gasteiger partial charge is 0.408 e. The molecule has 3 amide bonds. The average molecular weight is 478 g/mol. The third kappa shape index (κ3) is 7.72. The maximum Gasteiger partial charge on any atom is 0.408 e. The summed E-state index contributed by atoms with van der Waals surface area (Å²) in [6, 6.07) is 3.34. The lowest BCUT2D eigenvalue weighted by molar-refractivity contribution is -0.150. The number of hydrogen-bond acceptors (Lipinski definition) is 5. The van der Waals surface area contributed by atoms with Crippen LogP contribution in [0.25, 0.3) is 0 Å². The SMILES string of the molecule is CCC(C)(C)N(C(=O)C(CO)NC(=O)OC(C)(C)C)C(C(=O)NC(C)C)c1c(C)cccc1C. The first-order valence-corrected chi connectivity index (χ1v) is 11.9. The van der Waals surface area contributed by atoms with Gasteiger partial charge in [-0.1, -0.05) is 25.1 Å². The summed E-state index contributed by atoms with van der Waals surface area (Å²) in [6.07, 6.45) is -0.274. The third-order valence-corrected chi connectivity index (χ3v) is 5.68. The van der Waals surface area contributed by atoms with E-state index < -0.39 is 41.8 Å². The van der Waals surface area contributed by atoms with Crippen molar-refractivity contribution in [2.75, 3.05) is 6.61 Å². The van der Waals surface area contributed by atoms with Crippen LogP contribution < -0.4 is 10.6 Å². The lowest BCUT2D eigenvalue weighted by Crippen LogP contribution is -2.60.